The molecule has 0 aromatic carbocycles. The summed E-state index contributed by atoms with van der Waals surface area (Å²) in [6, 6.07) is 0. The monoisotopic (exact) mass is 192 g/mol. The summed E-state index contributed by atoms with van der Waals surface area (Å²) in [5, 5.41) is 6.79. The van der Waals surface area contributed by atoms with Gasteiger partial charge in [-0.3, -0.25) is 5.10 Å². The molecule has 0 radical (unpaired) electrons. The van der Waals surface area contributed by atoms with Crippen LogP contribution in [0.5, 0.6) is 0 Å². The van der Waals surface area contributed by atoms with Gasteiger partial charge in [-0.05, 0) is 6.92 Å². The Balaban J connectivity index is 2.24. The molecular weight excluding hydrogens is 180 g/mol. The van der Waals surface area contributed by atoms with Gasteiger partial charge in [-0.1, -0.05) is 0 Å². The van der Waals surface area contributed by atoms with Crippen molar-refractivity contribution in [3.05, 3.63) is 18.3 Å². The van der Waals surface area contributed by atoms with Crippen LogP contribution in [0.15, 0.2) is 12.5 Å². The van der Waals surface area contributed by atoms with E-state index in [2.05, 4.69) is 20.2 Å². The van der Waals surface area contributed by atoms with E-state index < -0.39 is 0 Å². The lowest BCUT2D eigenvalue weighted by molar-refractivity contribution is 0.708. The molecule has 0 saturated carbocycles. The van der Waals surface area contributed by atoms with Crippen LogP contribution in [0.4, 0.5) is 0 Å². The van der Waals surface area contributed by atoms with Gasteiger partial charge in [-0.25, -0.2) is 9.97 Å². The second-order valence-electron chi connectivity index (χ2n) is 3.03. The molecule has 0 unspecified atom stereocenters. The summed E-state index contributed by atoms with van der Waals surface area (Å²) in [5.41, 5.74) is 6.19. The molecule has 2 aromatic heterocycles. The zero-order valence-corrected chi connectivity index (χ0v) is 7.94. The minimum atomic E-state index is 0.600. The Morgan fingerprint density at radius 2 is 2.43 bits per heavy atom. The Bertz CT molecular complexity index is 415. The summed E-state index contributed by atoms with van der Waals surface area (Å²) in [5.74, 6) is 1.41. The highest BCUT2D eigenvalue weighted by Crippen LogP contribution is 2.10. The summed E-state index contributed by atoms with van der Waals surface area (Å²) in [7, 11) is 0. The highest BCUT2D eigenvalue weighted by Gasteiger charge is 2.06. The van der Waals surface area contributed by atoms with Crippen LogP contribution in [0, 0.1) is 6.92 Å². The van der Waals surface area contributed by atoms with Gasteiger partial charge in [0.15, 0.2) is 0 Å². The average molecular weight is 192 g/mol. The lowest BCUT2D eigenvalue weighted by Gasteiger charge is -1.94. The Morgan fingerprint density at radius 3 is 3.07 bits per heavy atom. The number of hydrogen-bond acceptors (Lipinski definition) is 4. The normalized spacial score (nSPS) is 10.7. The summed E-state index contributed by atoms with van der Waals surface area (Å²) < 4.78 is 1.92. The van der Waals surface area contributed by atoms with Crippen molar-refractivity contribution >= 4 is 0 Å². The van der Waals surface area contributed by atoms with Gasteiger partial charge in [0, 0.05) is 19.3 Å². The molecule has 3 N–H and O–H groups in total. The third kappa shape index (κ3) is 1.64. The fourth-order valence-electron chi connectivity index (χ4n) is 1.20. The molecule has 0 aliphatic carbocycles. The zero-order chi connectivity index (χ0) is 9.97. The summed E-state index contributed by atoms with van der Waals surface area (Å²) in [4.78, 5) is 8.36. The molecule has 0 saturated heterocycles. The highest BCUT2D eigenvalue weighted by atomic mass is 15.2. The van der Waals surface area contributed by atoms with E-state index in [-0.39, 0.29) is 0 Å². The number of imidazole rings is 1. The molecule has 0 spiro atoms. The first-order chi connectivity index (χ1) is 6.79. The van der Waals surface area contributed by atoms with Crippen molar-refractivity contribution < 1.29 is 0 Å². The van der Waals surface area contributed by atoms with Crippen LogP contribution >= 0.6 is 0 Å². The molecule has 0 bridgehead atoms. The molecule has 0 aliphatic rings. The zero-order valence-electron chi connectivity index (χ0n) is 7.94. The lowest BCUT2D eigenvalue weighted by Crippen LogP contribution is -2.07. The molecule has 0 amide bonds. The van der Waals surface area contributed by atoms with E-state index in [1.807, 2.05) is 17.7 Å². The van der Waals surface area contributed by atoms with Gasteiger partial charge < -0.3 is 10.3 Å². The SMILES string of the molecule is Cc1nc(-c2cn(CCN)cn2)n[nH]1. The minimum absolute atomic E-state index is 0.600. The number of H-pyrrole nitrogens is 1. The van der Waals surface area contributed by atoms with Crippen LogP contribution in [0.2, 0.25) is 0 Å². The van der Waals surface area contributed by atoms with Crippen molar-refractivity contribution in [2.75, 3.05) is 6.54 Å². The summed E-state index contributed by atoms with van der Waals surface area (Å²) in [6.07, 6.45) is 3.61. The number of hydrogen-bond donors (Lipinski definition) is 2. The van der Waals surface area contributed by atoms with Gasteiger partial charge in [-0.2, -0.15) is 5.10 Å². The van der Waals surface area contributed by atoms with Crippen molar-refractivity contribution in [2.45, 2.75) is 13.5 Å². The van der Waals surface area contributed by atoms with Gasteiger partial charge in [-0.15, -0.1) is 0 Å². The molecule has 14 heavy (non-hydrogen) atoms. The third-order valence-corrected chi connectivity index (χ3v) is 1.85. The topological polar surface area (TPSA) is 85.4 Å². The number of nitrogens with zero attached hydrogens (tertiary/aromatic N) is 4. The predicted molar refractivity (Wildman–Crippen MR) is 51.4 cm³/mol. The summed E-state index contributed by atoms with van der Waals surface area (Å²) >= 11 is 0. The first-order valence-corrected chi connectivity index (χ1v) is 4.41. The fourth-order valence-corrected chi connectivity index (χ4v) is 1.20. The Morgan fingerprint density at radius 1 is 1.57 bits per heavy atom. The van der Waals surface area contributed by atoms with Crippen molar-refractivity contribution in [3.8, 4) is 11.5 Å². The number of aromatic amines is 1. The van der Waals surface area contributed by atoms with Crippen molar-refractivity contribution in [3.63, 3.8) is 0 Å². The van der Waals surface area contributed by atoms with Crippen LogP contribution < -0.4 is 5.73 Å². The van der Waals surface area contributed by atoms with Gasteiger partial charge in [0.05, 0.1) is 6.33 Å². The number of aryl methyl sites for hydroxylation is 1. The molecule has 0 aliphatic heterocycles. The van der Waals surface area contributed by atoms with Crippen LogP contribution in [0.25, 0.3) is 11.5 Å². The maximum atomic E-state index is 5.43. The van der Waals surface area contributed by atoms with E-state index in [4.69, 9.17) is 5.73 Å². The van der Waals surface area contributed by atoms with Gasteiger partial charge >= 0.3 is 0 Å². The Kier molecular flexibility index (Phi) is 2.28. The van der Waals surface area contributed by atoms with Gasteiger partial charge in [0.25, 0.3) is 0 Å². The Labute approximate surface area is 81.2 Å². The fraction of sp³-hybridized carbons (Fsp3) is 0.375. The van der Waals surface area contributed by atoms with Gasteiger partial charge in [0.1, 0.15) is 11.5 Å². The number of nitrogens with one attached hydrogen (secondary N) is 1. The molecule has 2 rings (SSSR count). The van der Waals surface area contributed by atoms with Crippen LogP contribution in [0.1, 0.15) is 5.82 Å². The van der Waals surface area contributed by atoms with Crippen LogP contribution in [-0.4, -0.2) is 31.3 Å². The van der Waals surface area contributed by atoms with Crippen molar-refractivity contribution in [1.82, 2.24) is 24.7 Å². The molecule has 2 heterocycles. The maximum Gasteiger partial charge on any atom is 0.201 e. The first-order valence-electron chi connectivity index (χ1n) is 4.41. The first kappa shape index (κ1) is 8.89. The lowest BCUT2D eigenvalue weighted by atomic mass is 10.4. The molecule has 6 nitrogen and oxygen atoms in total. The van der Waals surface area contributed by atoms with E-state index in [1.165, 1.54) is 0 Å². The average Bonchev–Trinajstić information content (AvgIpc) is 2.74. The number of rotatable bonds is 3. The second kappa shape index (κ2) is 3.59. The summed E-state index contributed by atoms with van der Waals surface area (Å²) in [6.45, 7) is 3.21. The maximum absolute atomic E-state index is 5.43. The van der Waals surface area contributed by atoms with Crippen molar-refractivity contribution in [1.29, 1.82) is 0 Å². The predicted octanol–water partition coefficient (Wildman–Crippen LogP) is -0.0647. The second-order valence-corrected chi connectivity index (χ2v) is 3.03. The van der Waals surface area contributed by atoms with Crippen LogP contribution in [0.3, 0.4) is 0 Å². The number of nitrogens with two attached hydrogens (primary N) is 1. The quantitative estimate of drug-likeness (QED) is 0.713. The van der Waals surface area contributed by atoms with E-state index in [0.29, 0.717) is 12.4 Å². The molecule has 6 heteroatoms. The van der Waals surface area contributed by atoms with E-state index >= 15 is 0 Å². The van der Waals surface area contributed by atoms with Gasteiger partial charge in [0.2, 0.25) is 5.82 Å². The molecule has 0 atom stereocenters. The standard InChI is InChI=1S/C8H12N6/c1-6-11-8(13-12-6)7-4-14(3-2-9)5-10-7/h4-5H,2-3,9H2,1H3,(H,11,12,13). The smallest absolute Gasteiger partial charge is 0.201 e. The van der Waals surface area contributed by atoms with E-state index in [1.54, 1.807) is 6.33 Å². The highest BCUT2D eigenvalue weighted by molar-refractivity contribution is 5.46. The largest absolute Gasteiger partial charge is 0.335 e. The molecule has 74 valence electrons. The number of aromatic nitrogens is 5. The molecule has 2 aromatic rings. The Hall–Kier alpha value is -1.69. The molecular formula is C8H12N6. The van der Waals surface area contributed by atoms with E-state index in [9.17, 15) is 0 Å². The molecule has 0 fully saturated rings. The minimum Gasteiger partial charge on any atom is -0.335 e. The van der Waals surface area contributed by atoms with Crippen LogP contribution in [-0.2, 0) is 6.54 Å². The van der Waals surface area contributed by atoms with Crippen molar-refractivity contribution in [2.24, 2.45) is 5.73 Å². The van der Waals surface area contributed by atoms with E-state index in [0.717, 1.165) is 18.1 Å². The third-order valence-electron chi connectivity index (χ3n) is 1.85.